The van der Waals surface area contributed by atoms with Crippen LogP contribution in [0.1, 0.15) is 96.5 Å². The van der Waals surface area contributed by atoms with E-state index in [1.165, 1.54) is 25.3 Å². The fourth-order valence-electron chi connectivity index (χ4n) is 12.0. The highest BCUT2D eigenvalue weighted by Crippen LogP contribution is 2.62. The van der Waals surface area contributed by atoms with Gasteiger partial charge in [-0.3, -0.25) is 4.79 Å². The maximum absolute atomic E-state index is 15.0. The molecule has 1 saturated carbocycles. The van der Waals surface area contributed by atoms with E-state index >= 15 is 0 Å². The molecule has 7 rings (SSSR count). The molecule has 4 aliphatic carbocycles. The molecule has 14 nitrogen and oxygen atoms in total. The molecule has 62 heavy (non-hydrogen) atoms. The number of aliphatic hydroxyl groups is 3. The van der Waals surface area contributed by atoms with Crippen molar-refractivity contribution < 1.29 is 68.4 Å². The lowest BCUT2D eigenvalue weighted by Gasteiger charge is -2.57. The van der Waals surface area contributed by atoms with Crippen LogP contribution >= 0.6 is 0 Å². The molecule has 0 aromatic heterocycles. The molecule has 3 fully saturated rings. The summed E-state index contributed by atoms with van der Waals surface area (Å²) in [7, 11) is 1.34. The molecular weight excluding hydrogens is 801 g/mol. The van der Waals surface area contributed by atoms with E-state index in [1.54, 1.807) is 20.8 Å². The van der Waals surface area contributed by atoms with Crippen molar-refractivity contribution >= 4 is 23.7 Å². The normalized spacial score (nSPS) is 40.2. The third-order valence-corrected chi connectivity index (χ3v) is 14.7. The summed E-state index contributed by atoms with van der Waals surface area (Å²) < 4.78 is 29.9. The summed E-state index contributed by atoms with van der Waals surface area (Å²) in [6.45, 7) is 14.8. The Balaban J connectivity index is 1.23. The molecular formula is C48H60O14. The number of aliphatic hydroxyl groups excluding tert-OH is 3. The highest BCUT2D eigenvalue weighted by Gasteiger charge is 2.64. The van der Waals surface area contributed by atoms with Gasteiger partial charge in [-0.1, -0.05) is 61.8 Å². The van der Waals surface area contributed by atoms with Crippen LogP contribution in [0.15, 0.2) is 70.1 Å². The molecule has 2 saturated heterocycles. The molecule has 5 N–H and O–H groups in total. The quantitative estimate of drug-likeness (QED) is 0.120. The number of fused-ring (bicyclic) bond motifs is 4. The number of hydrogen-bond acceptors (Lipinski definition) is 13. The number of phenols is 1. The second-order valence-corrected chi connectivity index (χ2v) is 18.8. The lowest BCUT2D eigenvalue weighted by Crippen LogP contribution is -2.60. The van der Waals surface area contributed by atoms with Crippen molar-refractivity contribution in [1.29, 1.82) is 0 Å². The lowest BCUT2D eigenvalue weighted by molar-refractivity contribution is -0.310. The SMILES string of the molecule is COc1cc(O)cc(C)c1C(=O)OC1C(C)OC(OC2CC=C(C)C3C2CC(C)C2/C(C)=C\CC/C(C)=C\C4C=C(C(=O)O)C(C)CC45OC(=O)C(=C(O)C32C)C5=O)C(O)C1O. The van der Waals surface area contributed by atoms with E-state index < -0.39 is 94.8 Å². The van der Waals surface area contributed by atoms with Gasteiger partial charge in [0.2, 0.25) is 5.78 Å². The lowest BCUT2D eigenvalue weighted by atomic mass is 9.47. The standard InChI is InChI=1S/C48H60O14/c1-21-11-10-12-22(2)36-25(5)17-31-32(60-46-39(51)38(50)40(27(7)59-46)61-44(56)34-24(4)16-29(49)19-33(34)58-9)14-13-23(3)37(31)47(36,8)41(52)35-42(53)48(62-45(35)57)20-26(6)30(43(54)55)18-28(48)15-21/h12-13,15-16,18-19,25-28,31-32,36-40,46,49-52H,10-11,14,17,20H2,1-9H3,(H,54,55)/b21-15-,22-12-,41-35?. The Kier molecular flexibility index (Phi) is 12.2. The number of phenolic OH excluding ortho intramolecular Hbond substituents is 1. The van der Waals surface area contributed by atoms with Crippen LogP contribution in [-0.4, -0.2) is 98.7 Å². The minimum atomic E-state index is -1.74. The van der Waals surface area contributed by atoms with Crippen molar-refractivity contribution in [2.75, 3.05) is 7.11 Å². The van der Waals surface area contributed by atoms with Crippen LogP contribution in [0, 0.1) is 47.8 Å². The zero-order valence-corrected chi connectivity index (χ0v) is 36.8. The number of carbonyl (C=O) groups is 4. The van der Waals surface area contributed by atoms with Gasteiger partial charge in [0.1, 0.15) is 40.6 Å². The second-order valence-electron chi connectivity index (χ2n) is 18.8. The highest BCUT2D eigenvalue weighted by atomic mass is 16.7. The van der Waals surface area contributed by atoms with Crippen molar-refractivity contribution in [2.45, 2.75) is 130 Å². The maximum Gasteiger partial charge on any atom is 0.346 e. The van der Waals surface area contributed by atoms with E-state index in [9.17, 15) is 44.7 Å². The van der Waals surface area contributed by atoms with E-state index in [1.807, 2.05) is 39.8 Å². The Labute approximate surface area is 361 Å². The van der Waals surface area contributed by atoms with Gasteiger partial charge in [-0.25, -0.2) is 14.4 Å². The molecule has 1 aromatic carbocycles. The van der Waals surface area contributed by atoms with Gasteiger partial charge in [0.05, 0.1) is 19.3 Å². The number of esters is 2. The van der Waals surface area contributed by atoms with Crippen LogP contribution in [-0.2, 0) is 33.3 Å². The number of carboxylic acids is 1. The van der Waals surface area contributed by atoms with Crippen molar-refractivity contribution in [3.63, 3.8) is 0 Å². The Bertz CT molecular complexity index is 2200. The molecule has 14 unspecified atom stereocenters. The average Bonchev–Trinajstić information content (AvgIpc) is 3.43. The molecule has 0 radical (unpaired) electrons. The van der Waals surface area contributed by atoms with Crippen LogP contribution in [0.2, 0.25) is 0 Å². The molecule has 2 bridgehead atoms. The third kappa shape index (κ3) is 7.40. The first-order valence-electron chi connectivity index (χ1n) is 21.6. The minimum Gasteiger partial charge on any atom is -0.511 e. The molecule has 1 spiro atoms. The predicted molar refractivity (Wildman–Crippen MR) is 224 cm³/mol. The van der Waals surface area contributed by atoms with Gasteiger partial charge in [0, 0.05) is 29.4 Å². The number of aromatic hydroxyl groups is 1. The summed E-state index contributed by atoms with van der Waals surface area (Å²) in [6.07, 6.45) is 2.22. The zero-order valence-electron chi connectivity index (χ0n) is 36.8. The van der Waals surface area contributed by atoms with Gasteiger partial charge >= 0.3 is 17.9 Å². The number of carboxylic acid groups (broad SMARTS) is 1. The molecule has 6 aliphatic rings. The molecule has 2 aliphatic heterocycles. The van der Waals surface area contributed by atoms with Gasteiger partial charge in [0.15, 0.2) is 18.0 Å². The monoisotopic (exact) mass is 860 g/mol. The largest absolute Gasteiger partial charge is 0.511 e. The number of aryl methyl sites for hydroxylation is 1. The predicted octanol–water partition coefficient (Wildman–Crippen LogP) is 6.36. The van der Waals surface area contributed by atoms with E-state index in [0.29, 0.717) is 31.2 Å². The Morgan fingerprint density at radius 3 is 2.31 bits per heavy atom. The highest BCUT2D eigenvalue weighted by molar-refractivity contribution is 6.26. The van der Waals surface area contributed by atoms with Crippen molar-refractivity contribution in [2.24, 2.45) is 40.9 Å². The molecule has 1 aromatic rings. The third-order valence-electron chi connectivity index (χ3n) is 14.7. The zero-order chi connectivity index (χ0) is 45.3. The first-order chi connectivity index (χ1) is 29.2. The number of Topliss-reactive ketones (excluding diaryl/α,β-unsaturated/α-hetero) is 1. The van der Waals surface area contributed by atoms with Gasteiger partial charge in [0.25, 0.3) is 0 Å². The smallest absolute Gasteiger partial charge is 0.346 e. The second kappa shape index (κ2) is 16.7. The molecule has 2 heterocycles. The fraction of sp³-hybridized carbons (Fsp3) is 0.583. The molecule has 0 amide bonds. The van der Waals surface area contributed by atoms with Crippen LogP contribution in [0.25, 0.3) is 0 Å². The Morgan fingerprint density at radius 1 is 0.935 bits per heavy atom. The van der Waals surface area contributed by atoms with E-state index in [4.69, 9.17) is 23.7 Å². The maximum atomic E-state index is 15.0. The van der Waals surface area contributed by atoms with E-state index in [0.717, 1.165) is 16.7 Å². The number of methoxy groups -OCH3 is 1. The van der Waals surface area contributed by atoms with Gasteiger partial charge in [-0.05, 0) is 102 Å². The average molecular weight is 861 g/mol. The van der Waals surface area contributed by atoms with Gasteiger partial charge < -0.3 is 49.2 Å². The number of hydrogen-bond donors (Lipinski definition) is 5. The minimum absolute atomic E-state index is 0.0450. The van der Waals surface area contributed by atoms with Gasteiger partial charge in [-0.15, -0.1) is 0 Å². The number of ether oxygens (including phenoxy) is 5. The Morgan fingerprint density at radius 2 is 1.63 bits per heavy atom. The summed E-state index contributed by atoms with van der Waals surface area (Å²) in [5.74, 6) is -6.73. The summed E-state index contributed by atoms with van der Waals surface area (Å²) in [4.78, 5) is 54.9. The van der Waals surface area contributed by atoms with E-state index in [-0.39, 0.29) is 52.6 Å². The number of ketones is 1. The van der Waals surface area contributed by atoms with Crippen molar-refractivity contribution in [1.82, 2.24) is 0 Å². The van der Waals surface area contributed by atoms with Crippen LogP contribution in [0.3, 0.4) is 0 Å². The summed E-state index contributed by atoms with van der Waals surface area (Å²) >= 11 is 0. The topological polar surface area (TPSA) is 216 Å². The number of allylic oxidation sites excluding steroid dienone is 5. The van der Waals surface area contributed by atoms with Crippen LogP contribution in [0.5, 0.6) is 11.5 Å². The molecule has 14 heteroatoms. The van der Waals surface area contributed by atoms with Gasteiger partial charge in [-0.2, -0.15) is 0 Å². The number of benzene rings is 1. The Hall–Kier alpha value is -4.76. The molecule has 14 atom stereocenters. The first-order valence-corrected chi connectivity index (χ1v) is 21.6. The number of rotatable bonds is 6. The van der Waals surface area contributed by atoms with Crippen molar-refractivity contribution in [3.8, 4) is 11.5 Å². The summed E-state index contributed by atoms with van der Waals surface area (Å²) in [5.41, 5.74) is -0.0264. The summed E-state index contributed by atoms with van der Waals surface area (Å²) in [6, 6.07) is 2.65. The van der Waals surface area contributed by atoms with Crippen molar-refractivity contribution in [3.05, 3.63) is 81.2 Å². The molecule has 336 valence electrons. The fourth-order valence-corrected chi connectivity index (χ4v) is 12.0. The summed E-state index contributed by atoms with van der Waals surface area (Å²) in [5, 5.41) is 55.8. The number of carbonyl (C=O) groups excluding carboxylic acids is 3. The van der Waals surface area contributed by atoms with Crippen LogP contribution < -0.4 is 4.74 Å². The number of aliphatic carboxylic acids is 1. The van der Waals surface area contributed by atoms with E-state index in [2.05, 4.69) is 13.0 Å². The van der Waals surface area contributed by atoms with Crippen LogP contribution in [0.4, 0.5) is 0 Å². The first kappa shape index (κ1) is 45.3.